The molecule has 0 saturated carbocycles. The van der Waals surface area contributed by atoms with Gasteiger partial charge in [0.2, 0.25) is 5.91 Å². The average molecular weight is 216 g/mol. The van der Waals surface area contributed by atoms with Crippen LogP contribution in [-0.2, 0) is 4.79 Å². The zero-order valence-electron chi connectivity index (χ0n) is 9.42. The van der Waals surface area contributed by atoms with Crippen molar-refractivity contribution in [2.45, 2.75) is 6.92 Å². The number of hydrogen-bond acceptors (Lipinski definition) is 2. The Morgan fingerprint density at radius 2 is 2.06 bits per heavy atom. The fourth-order valence-electron chi connectivity index (χ4n) is 1.17. The van der Waals surface area contributed by atoms with Crippen LogP contribution in [0.5, 0.6) is 0 Å². The standard InChI is InChI=1S/C13H16N2O/c1-2-15-13(16)11-14-10-6-9-12-7-4-3-5-8-12/h3-5,7-8,14H,2,10-11H2,1H3,(H,15,16). The highest BCUT2D eigenvalue weighted by Gasteiger charge is 1.94. The molecule has 0 aliphatic heterocycles. The van der Waals surface area contributed by atoms with E-state index in [1.54, 1.807) is 0 Å². The molecule has 2 N–H and O–H groups in total. The molecular weight excluding hydrogens is 200 g/mol. The number of likely N-dealkylation sites (N-methyl/N-ethyl adjacent to an activating group) is 1. The van der Waals surface area contributed by atoms with Crippen molar-refractivity contribution >= 4 is 5.91 Å². The molecule has 0 radical (unpaired) electrons. The molecule has 0 spiro atoms. The molecular formula is C13H16N2O. The quantitative estimate of drug-likeness (QED) is 0.576. The molecule has 0 atom stereocenters. The van der Waals surface area contributed by atoms with Crippen LogP contribution in [0.25, 0.3) is 0 Å². The van der Waals surface area contributed by atoms with Crippen molar-refractivity contribution in [2.75, 3.05) is 19.6 Å². The maximum absolute atomic E-state index is 11.1. The van der Waals surface area contributed by atoms with Gasteiger partial charge in [-0.05, 0) is 19.1 Å². The minimum absolute atomic E-state index is 0.00371. The molecule has 0 aromatic heterocycles. The number of amides is 1. The van der Waals surface area contributed by atoms with E-state index in [4.69, 9.17) is 0 Å². The van der Waals surface area contributed by atoms with E-state index in [-0.39, 0.29) is 5.91 Å². The van der Waals surface area contributed by atoms with Gasteiger partial charge in [-0.1, -0.05) is 30.0 Å². The molecule has 0 unspecified atom stereocenters. The van der Waals surface area contributed by atoms with Gasteiger partial charge in [-0.15, -0.1) is 0 Å². The molecule has 0 bridgehead atoms. The second-order valence-electron chi connectivity index (χ2n) is 3.22. The Morgan fingerprint density at radius 3 is 2.75 bits per heavy atom. The van der Waals surface area contributed by atoms with Gasteiger partial charge >= 0.3 is 0 Å². The maximum Gasteiger partial charge on any atom is 0.233 e. The lowest BCUT2D eigenvalue weighted by atomic mass is 10.2. The summed E-state index contributed by atoms with van der Waals surface area (Å²) >= 11 is 0. The van der Waals surface area contributed by atoms with Crippen molar-refractivity contribution in [3.63, 3.8) is 0 Å². The molecule has 3 nitrogen and oxygen atoms in total. The highest BCUT2D eigenvalue weighted by atomic mass is 16.1. The van der Waals surface area contributed by atoms with Crippen LogP contribution in [0.1, 0.15) is 12.5 Å². The largest absolute Gasteiger partial charge is 0.355 e. The van der Waals surface area contributed by atoms with Crippen LogP contribution in [0.2, 0.25) is 0 Å². The Morgan fingerprint density at radius 1 is 1.31 bits per heavy atom. The summed E-state index contributed by atoms with van der Waals surface area (Å²) in [6.07, 6.45) is 0. The number of hydrogen-bond donors (Lipinski definition) is 2. The summed E-state index contributed by atoms with van der Waals surface area (Å²) in [5.74, 6) is 5.97. The zero-order valence-corrected chi connectivity index (χ0v) is 9.42. The van der Waals surface area contributed by atoms with E-state index < -0.39 is 0 Å². The third-order valence-electron chi connectivity index (χ3n) is 1.88. The van der Waals surface area contributed by atoms with Crippen LogP contribution < -0.4 is 10.6 Å². The van der Waals surface area contributed by atoms with E-state index >= 15 is 0 Å². The van der Waals surface area contributed by atoms with Crippen LogP contribution in [-0.4, -0.2) is 25.5 Å². The predicted molar refractivity (Wildman–Crippen MR) is 64.9 cm³/mol. The third-order valence-corrected chi connectivity index (χ3v) is 1.88. The first-order valence-electron chi connectivity index (χ1n) is 5.34. The van der Waals surface area contributed by atoms with E-state index in [0.717, 1.165) is 5.56 Å². The minimum Gasteiger partial charge on any atom is -0.355 e. The zero-order chi connectivity index (χ0) is 11.6. The first-order chi connectivity index (χ1) is 7.83. The smallest absolute Gasteiger partial charge is 0.233 e. The Labute approximate surface area is 96.2 Å². The Bertz CT molecular complexity index is 376. The maximum atomic E-state index is 11.1. The molecule has 84 valence electrons. The topological polar surface area (TPSA) is 41.1 Å². The number of rotatable bonds is 4. The van der Waals surface area contributed by atoms with Crippen LogP contribution in [0, 0.1) is 11.8 Å². The molecule has 0 heterocycles. The highest BCUT2D eigenvalue weighted by molar-refractivity contribution is 5.77. The Hall–Kier alpha value is -1.79. The van der Waals surface area contributed by atoms with Crippen molar-refractivity contribution in [3.05, 3.63) is 35.9 Å². The summed E-state index contributed by atoms with van der Waals surface area (Å²) in [4.78, 5) is 11.1. The number of nitrogens with one attached hydrogen (secondary N) is 2. The number of carbonyl (C=O) groups is 1. The number of carbonyl (C=O) groups excluding carboxylic acids is 1. The second-order valence-corrected chi connectivity index (χ2v) is 3.22. The van der Waals surface area contributed by atoms with Gasteiger partial charge < -0.3 is 5.32 Å². The molecule has 0 aliphatic carbocycles. The Balaban J connectivity index is 2.21. The lowest BCUT2D eigenvalue weighted by molar-refractivity contribution is -0.120. The molecule has 1 aromatic rings. The second kappa shape index (κ2) is 7.49. The molecule has 1 rings (SSSR count). The van der Waals surface area contributed by atoms with Gasteiger partial charge in [0, 0.05) is 12.1 Å². The lowest BCUT2D eigenvalue weighted by Crippen LogP contribution is -2.33. The molecule has 1 amide bonds. The van der Waals surface area contributed by atoms with Crippen molar-refractivity contribution < 1.29 is 4.79 Å². The first kappa shape index (κ1) is 12.3. The van der Waals surface area contributed by atoms with Gasteiger partial charge in [-0.2, -0.15) is 0 Å². The molecule has 16 heavy (non-hydrogen) atoms. The molecule has 0 saturated heterocycles. The van der Waals surface area contributed by atoms with E-state index in [2.05, 4.69) is 22.5 Å². The first-order valence-corrected chi connectivity index (χ1v) is 5.34. The summed E-state index contributed by atoms with van der Waals surface area (Å²) < 4.78 is 0. The summed E-state index contributed by atoms with van der Waals surface area (Å²) in [6.45, 7) is 3.40. The van der Waals surface area contributed by atoms with Crippen molar-refractivity contribution in [3.8, 4) is 11.8 Å². The molecule has 1 aromatic carbocycles. The normalized spacial score (nSPS) is 9.06. The Kier molecular flexibility index (Phi) is 5.75. The van der Waals surface area contributed by atoms with E-state index in [1.165, 1.54) is 0 Å². The van der Waals surface area contributed by atoms with Crippen LogP contribution in [0.3, 0.4) is 0 Å². The predicted octanol–water partition coefficient (Wildman–Crippen LogP) is 0.764. The fraction of sp³-hybridized carbons (Fsp3) is 0.308. The lowest BCUT2D eigenvalue weighted by Gasteiger charge is -2.00. The average Bonchev–Trinajstić information content (AvgIpc) is 2.30. The van der Waals surface area contributed by atoms with E-state index in [1.807, 2.05) is 37.3 Å². The van der Waals surface area contributed by atoms with Crippen molar-refractivity contribution in [2.24, 2.45) is 0 Å². The van der Waals surface area contributed by atoms with Gasteiger partial charge in [-0.3, -0.25) is 10.1 Å². The monoisotopic (exact) mass is 216 g/mol. The third kappa shape index (κ3) is 5.18. The van der Waals surface area contributed by atoms with Gasteiger partial charge in [0.25, 0.3) is 0 Å². The van der Waals surface area contributed by atoms with Gasteiger partial charge in [-0.25, -0.2) is 0 Å². The van der Waals surface area contributed by atoms with Gasteiger partial charge in [0.05, 0.1) is 13.1 Å². The summed E-state index contributed by atoms with van der Waals surface area (Å²) in [7, 11) is 0. The van der Waals surface area contributed by atoms with Crippen LogP contribution >= 0.6 is 0 Å². The summed E-state index contributed by atoms with van der Waals surface area (Å²) in [6, 6.07) is 9.77. The highest BCUT2D eigenvalue weighted by Crippen LogP contribution is 1.93. The van der Waals surface area contributed by atoms with Gasteiger partial charge in [0.1, 0.15) is 0 Å². The minimum atomic E-state index is 0.00371. The number of benzene rings is 1. The van der Waals surface area contributed by atoms with Crippen molar-refractivity contribution in [1.29, 1.82) is 0 Å². The van der Waals surface area contributed by atoms with E-state index in [0.29, 0.717) is 19.6 Å². The van der Waals surface area contributed by atoms with Crippen LogP contribution in [0.15, 0.2) is 30.3 Å². The fourth-order valence-corrected chi connectivity index (χ4v) is 1.17. The summed E-state index contributed by atoms with van der Waals surface area (Å²) in [5, 5.41) is 5.66. The molecule has 0 fully saturated rings. The molecule has 3 heteroatoms. The van der Waals surface area contributed by atoms with E-state index in [9.17, 15) is 4.79 Å². The van der Waals surface area contributed by atoms with Crippen molar-refractivity contribution in [1.82, 2.24) is 10.6 Å². The van der Waals surface area contributed by atoms with Gasteiger partial charge in [0.15, 0.2) is 0 Å². The van der Waals surface area contributed by atoms with Crippen LogP contribution in [0.4, 0.5) is 0 Å². The SMILES string of the molecule is CCNC(=O)CNCC#Cc1ccccc1. The summed E-state index contributed by atoms with van der Waals surface area (Å²) in [5.41, 5.74) is 0.988. The molecule has 0 aliphatic rings.